The molecule has 1 fully saturated rings. The van der Waals surface area contributed by atoms with Gasteiger partial charge < -0.3 is 4.79 Å². The van der Waals surface area contributed by atoms with E-state index in [0.717, 1.165) is 32.0 Å². The van der Waals surface area contributed by atoms with Crippen LogP contribution >= 0.6 is 0 Å². The van der Waals surface area contributed by atoms with E-state index in [9.17, 15) is 4.79 Å². The summed E-state index contributed by atoms with van der Waals surface area (Å²) in [7, 11) is 0. The highest BCUT2D eigenvalue weighted by molar-refractivity contribution is 5.59. The lowest BCUT2D eigenvalue weighted by Crippen LogP contribution is -2.39. The van der Waals surface area contributed by atoms with Crippen LogP contribution in [0.3, 0.4) is 0 Å². The summed E-state index contributed by atoms with van der Waals surface area (Å²) < 4.78 is 0. The molecule has 0 unspecified atom stereocenters. The van der Waals surface area contributed by atoms with Crippen LogP contribution in [0, 0.1) is 5.41 Å². The molecule has 82 valence electrons. The van der Waals surface area contributed by atoms with Gasteiger partial charge in [-0.15, -0.1) is 0 Å². The summed E-state index contributed by atoms with van der Waals surface area (Å²) in [5.74, 6) is 0. The van der Waals surface area contributed by atoms with Crippen LogP contribution in [0.4, 0.5) is 0 Å². The summed E-state index contributed by atoms with van der Waals surface area (Å²) in [5, 5.41) is 0. The molecule has 0 aromatic carbocycles. The Balaban J connectivity index is 2.55. The number of carbonyl (C=O) groups excluding carboxylic acids is 1. The van der Waals surface area contributed by atoms with Gasteiger partial charge in [-0.1, -0.05) is 20.8 Å². The van der Waals surface area contributed by atoms with Crippen molar-refractivity contribution in [3.63, 3.8) is 0 Å². The number of hydrogen-bond donors (Lipinski definition) is 0. The monoisotopic (exact) mass is 197 g/mol. The van der Waals surface area contributed by atoms with E-state index in [0.29, 0.717) is 0 Å². The summed E-state index contributed by atoms with van der Waals surface area (Å²) in [4.78, 5) is 13.6. The first-order valence-electron chi connectivity index (χ1n) is 5.91. The molecule has 0 N–H and O–H groups in total. The Morgan fingerprint density at radius 2 is 1.86 bits per heavy atom. The quantitative estimate of drug-likeness (QED) is 0.584. The number of hydrogen-bond acceptors (Lipinski definition) is 2. The van der Waals surface area contributed by atoms with Crippen LogP contribution in [-0.2, 0) is 4.79 Å². The van der Waals surface area contributed by atoms with E-state index in [1.807, 2.05) is 0 Å². The second-order valence-corrected chi connectivity index (χ2v) is 4.48. The maximum absolute atomic E-state index is 11.2. The minimum absolute atomic E-state index is 0.0847. The van der Waals surface area contributed by atoms with Crippen molar-refractivity contribution in [3.8, 4) is 0 Å². The van der Waals surface area contributed by atoms with Gasteiger partial charge in [0, 0.05) is 18.0 Å². The molecule has 1 rings (SSSR count). The molecule has 0 bridgehead atoms. The van der Waals surface area contributed by atoms with Crippen LogP contribution in [0.1, 0.15) is 46.5 Å². The fraction of sp³-hybridized carbons (Fsp3) is 0.917. The molecule has 0 aliphatic heterocycles. The first-order valence-corrected chi connectivity index (χ1v) is 5.91. The fourth-order valence-electron chi connectivity index (χ4n) is 2.02. The maximum atomic E-state index is 11.2. The second kappa shape index (κ2) is 4.92. The van der Waals surface area contributed by atoms with Crippen molar-refractivity contribution >= 4 is 6.29 Å². The molecule has 0 spiro atoms. The highest BCUT2D eigenvalue weighted by Gasteiger charge is 2.34. The smallest absolute Gasteiger partial charge is 0.127 e. The zero-order valence-electron chi connectivity index (χ0n) is 9.75. The Hall–Kier alpha value is -0.370. The summed E-state index contributed by atoms with van der Waals surface area (Å²) in [5.41, 5.74) is -0.0847. The van der Waals surface area contributed by atoms with E-state index >= 15 is 0 Å². The van der Waals surface area contributed by atoms with Gasteiger partial charge >= 0.3 is 0 Å². The summed E-state index contributed by atoms with van der Waals surface area (Å²) in [6.45, 7) is 8.49. The van der Waals surface area contributed by atoms with Gasteiger partial charge in [-0.2, -0.15) is 0 Å². The van der Waals surface area contributed by atoms with E-state index in [1.165, 1.54) is 19.1 Å². The molecule has 1 aliphatic rings. The summed E-state index contributed by atoms with van der Waals surface area (Å²) in [6, 6.07) is 0.775. The minimum Gasteiger partial charge on any atom is -0.303 e. The van der Waals surface area contributed by atoms with Gasteiger partial charge in [0.2, 0.25) is 0 Å². The first-order chi connectivity index (χ1) is 6.71. The molecule has 0 aromatic rings. The van der Waals surface area contributed by atoms with E-state index < -0.39 is 0 Å². The average molecular weight is 197 g/mol. The fourth-order valence-corrected chi connectivity index (χ4v) is 2.02. The molecule has 0 aromatic heterocycles. The first kappa shape index (κ1) is 11.7. The molecule has 0 radical (unpaired) electrons. The van der Waals surface area contributed by atoms with Crippen molar-refractivity contribution < 1.29 is 4.79 Å². The number of nitrogens with zero attached hydrogens (tertiary/aromatic N) is 1. The molecule has 2 heteroatoms. The molecule has 0 amide bonds. The number of carbonyl (C=O) groups is 1. The maximum Gasteiger partial charge on any atom is 0.127 e. The van der Waals surface area contributed by atoms with Crippen molar-refractivity contribution in [3.05, 3.63) is 0 Å². The largest absolute Gasteiger partial charge is 0.303 e. The normalized spacial score (nSPS) is 17.4. The molecule has 1 aliphatic carbocycles. The van der Waals surface area contributed by atoms with Crippen LogP contribution in [0.15, 0.2) is 0 Å². The van der Waals surface area contributed by atoms with Gasteiger partial charge in [0.05, 0.1) is 0 Å². The van der Waals surface area contributed by atoms with Crippen LogP contribution in [0.2, 0.25) is 0 Å². The standard InChI is InChI=1S/C12H23NO/c1-4-12(5-2,10-14)9-13(6-3)11-7-8-11/h10-11H,4-9H2,1-3H3. The molecule has 2 nitrogen and oxygen atoms in total. The molecule has 0 atom stereocenters. The van der Waals surface area contributed by atoms with Crippen molar-refractivity contribution in [1.29, 1.82) is 0 Å². The predicted octanol–water partition coefficient (Wildman–Crippen LogP) is 2.48. The van der Waals surface area contributed by atoms with Crippen molar-refractivity contribution in [2.75, 3.05) is 13.1 Å². The lowest BCUT2D eigenvalue weighted by atomic mass is 9.83. The minimum atomic E-state index is -0.0847. The Morgan fingerprint density at radius 1 is 1.29 bits per heavy atom. The predicted molar refractivity (Wildman–Crippen MR) is 59.3 cm³/mol. The summed E-state index contributed by atoms with van der Waals surface area (Å²) in [6.07, 6.45) is 5.77. The van der Waals surface area contributed by atoms with Crippen molar-refractivity contribution in [2.45, 2.75) is 52.5 Å². The van der Waals surface area contributed by atoms with Gasteiger partial charge in [-0.25, -0.2) is 0 Å². The van der Waals surface area contributed by atoms with Gasteiger partial charge in [-0.3, -0.25) is 4.90 Å². The Bertz CT molecular complexity index is 183. The number of rotatable bonds is 7. The highest BCUT2D eigenvalue weighted by Crippen LogP contribution is 2.32. The molecule has 14 heavy (non-hydrogen) atoms. The third kappa shape index (κ3) is 2.57. The van der Waals surface area contributed by atoms with Crippen molar-refractivity contribution in [1.82, 2.24) is 4.90 Å². The average Bonchev–Trinajstić information content (AvgIpc) is 3.05. The number of aldehydes is 1. The molecular weight excluding hydrogens is 174 g/mol. The van der Waals surface area contributed by atoms with E-state index in [1.54, 1.807) is 0 Å². The van der Waals surface area contributed by atoms with Gasteiger partial charge in [0.15, 0.2) is 0 Å². The van der Waals surface area contributed by atoms with Crippen LogP contribution in [0.5, 0.6) is 0 Å². The van der Waals surface area contributed by atoms with Crippen LogP contribution in [-0.4, -0.2) is 30.3 Å². The van der Waals surface area contributed by atoms with E-state index in [-0.39, 0.29) is 5.41 Å². The Kier molecular flexibility index (Phi) is 4.11. The van der Waals surface area contributed by atoms with Crippen molar-refractivity contribution in [2.24, 2.45) is 5.41 Å². The zero-order valence-corrected chi connectivity index (χ0v) is 9.75. The Morgan fingerprint density at radius 3 is 2.14 bits per heavy atom. The molecule has 0 heterocycles. The molecule has 1 saturated carbocycles. The van der Waals surface area contributed by atoms with Gasteiger partial charge in [-0.05, 0) is 32.2 Å². The zero-order chi connectivity index (χ0) is 10.6. The van der Waals surface area contributed by atoms with Crippen LogP contribution in [0.25, 0.3) is 0 Å². The SMILES string of the molecule is CCN(CC(C=O)(CC)CC)C1CC1. The Labute approximate surface area is 87.7 Å². The lowest BCUT2D eigenvalue weighted by Gasteiger charge is -2.32. The second-order valence-electron chi connectivity index (χ2n) is 4.48. The molecule has 0 saturated heterocycles. The van der Waals surface area contributed by atoms with Gasteiger partial charge in [0.1, 0.15) is 6.29 Å². The topological polar surface area (TPSA) is 20.3 Å². The van der Waals surface area contributed by atoms with Crippen LogP contribution < -0.4 is 0 Å². The van der Waals surface area contributed by atoms with E-state index in [2.05, 4.69) is 25.7 Å². The third-order valence-corrected chi connectivity index (χ3v) is 3.65. The third-order valence-electron chi connectivity index (χ3n) is 3.65. The lowest BCUT2D eigenvalue weighted by molar-refractivity contribution is -0.117. The highest BCUT2D eigenvalue weighted by atomic mass is 16.1. The van der Waals surface area contributed by atoms with Gasteiger partial charge in [0.25, 0.3) is 0 Å². The van der Waals surface area contributed by atoms with E-state index in [4.69, 9.17) is 0 Å². The summed E-state index contributed by atoms with van der Waals surface area (Å²) >= 11 is 0. The molecular formula is C12H23NO.